The average molecular weight is 268 g/mol. The van der Waals surface area contributed by atoms with Gasteiger partial charge in [0.15, 0.2) is 16.3 Å². The molecule has 0 unspecified atom stereocenters. The van der Waals surface area contributed by atoms with Crippen LogP contribution in [0.4, 0.5) is 0 Å². The van der Waals surface area contributed by atoms with Crippen molar-refractivity contribution in [2.45, 2.75) is 0 Å². The summed E-state index contributed by atoms with van der Waals surface area (Å²) in [5.74, 6) is 0. The van der Waals surface area contributed by atoms with E-state index in [2.05, 4.69) is 0 Å². The summed E-state index contributed by atoms with van der Waals surface area (Å²) in [6.07, 6.45) is 1.27. The zero-order valence-corrected chi connectivity index (χ0v) is 10.1. The van der Waals surface area contributed by atoms with E-state index in [-0.39, 0.29) is 31.9 Å². The number of aliphatic hydroxyl groups is 2. The zero-order chi connectivity index (χ0) is 14.4. The molecule has 2 N–H and O–H groups in total. The maximum absolute atomic E-state index is 12.3. The molecule has 0 radical (unpaired) electrons. The third-order valence-corrected chi connectivity index (χ3v) is 3.38. The third kappa shape index (κ3) is 1.40. The first-order chi connectivity index (χ1) is 9.58. The smallest absolute Gasteiger partial charge is 0.194 e. The van der Waals surface area contributed by atoms with Gasteiger partial charge in [0.2, 0.25) is 0 Å². The number of benzene rings is 1. The number of hydrogen-bond donors (Lipinski definition) is 2. The Kier molecular flexibility index (Phi) is 2.44. The minimum Gasteiger partial charge on any atom is -0.515 e. The van der Waals surface area contributed by atoms with Crippen molar-refractivity contribution in [3.05, 3.63) is 75.8 Å². The molecule has 0 aromatic heterocycles. The summed E-state index contributed by atoms with van der Waals surface area (Å²) in [5.41, 5.74) is -0.711. The van der Waals surface area contributed by atoms with Crippen molar-refractivity contribution >= 4 is 12.5 Å². The lowest BCUT2D eigenvalue weighted by molar-refractivity contribution is 0.539. The predicted octanol–water partition coefficient (Wildman–Crippen LogP) is -0.936. The van der Waals surface area contributed by atoms with Crippen LogP contribution in [0, 0.1) is 10.4 Å². The van der Waals surface area contributed by atoms with Crippen molar-refractivity contribution in [2.24, 2.45) is 0 Å². The van der Waals surface area contributed by atoms with Gasteiger partial charge in [-0.05, 0) is 29.8 Å². The van der Waals surface area contributed by atoms with Gasteiger partial charge in [-0.1, -0.05) is 0 Å². The van der Waals surface area contributed by atoms with E-state index in [1.54, 1.807) is 0 Å². The van der Waals surface area contributed by atoms with E-state index in [1.807, 2.05) is 0 Å². The Labute approximate surface area is 110 Å². The predicted molar refractivity (Wildman–Crippen MR) is 73.0 cm³/mol. The van der Waals surface area contributed by atoms with Crippen LogP contribution in [0.15, 0.2) is 38.6 Å². The van der Waals surface area contributed by atoms with Gasteiger partial charge in [-0.2, -0.15) is 0 Å². The Balaban J connectivity index is 2.82. The standard InChI is InChI=1S/C15H8O5/c16-5-7-3-10-9(4-13(7)19)14-8(15(10)20)1-2-12(18)11(14)6-17/h1-6,16-17H. The second-order valence-corrected chi connectivity index (χ2v) is 4.42. The topological polar surface area (TPSA) is 91.7 Å². The molecule has 0 atom stereocenters. The van der Waals surface area contributed by atoms with E-state index in [9.17, 15) is 19.5 Å². The quantitative estimate of drug-likeness (QED) is 0.549. The van der Waals surface area contributed by atoms with Crippen LogP contribution in [0.2, 0.25) is 0 Å². The van der Waals surface area contributed by atoms with Crippen molar-refractivity contribution < 1.29 is 10.2 Å². The monoisotopic (exact) mass is 268 g/mol. The highest BCUT2D eigenvalue weighted by atomic mass is 16.2. The van der Waals surface area contributed by atoms with Crippen LogP contribution in [0.3, 0.4) is 0 Å². The SMILES string of the molecule is O=c1cc2c3c(=CO)c(=O)ccc=3c(=O)c-2cc1=CO. The number of rotatable bonds is 0. The van der Waals surface area contributed by atoms with Crippen LogP contribution in [0.25, 0.3) is 23.7 Å². The van der Waals surface area contributed by atoms with Crippen molar-refractivity contribution in [3.8, 4) is 11.1 Å². The summed E-state index contributed by atoms with van der Waals surface area (Å²) >= 11 is 0. The molecule has 0 saturated heterocycles. The lowest BCUT2D eigenvalue weighted by Gasteiger charge is -1.96. The average Bonchev–Trinajstić information content (AvgIpc) is 2.71. The Morgan fingerprint density at radius 3 is 2.25 bits per heavy atom. The summed E-state index contributed by atoms with van der Waals surface area (Å²) in [6, 6.07) is 5.04. The largest absolute Gasteiger partial charge is 0.515 e. The van der Waals surface area contributed by atoms with Crippen LogP contribution in [0.5, 0.6) is 0 Å². The van der Waals surface area contributed by atoms with E-state index >= 15 is 0 Å². The number of hydrogen-bond acceptors (Lipinski definition) is 5. The van der Waals surface area contributed by atoms with Gasteiger partial charge in [0.05, 0.1) is 23.0 Å². The fourth-order valence-electron chi connectivity index (χ4n) is 2.45. The molecular formula is C15H8O5. The van der Waals surface area contributed by atoms with Gasteiger partial charge in [0.1, 0.15) is 0 Å². The molecule has 0 heterocycles. The van der Waals surface area contributed by atoms with Crippen LogP contribution in [-0.2, 0) is 0 Å². The summed E-state index contributed by atoms with van der Waals surface area (Å²) in [7, 11) is 0. The molecule has 3 aliphatic carbocycles. The summed E-state index contributed by atoms with van der Waals surface area (Å²) in [5, 5.41) is 18.7. The van der Waals surface area contributed by atoms with Crippen molar-refractivity contribution in [1.82, 2.24) is 0 Å². The molecule has 0 aromatic carbocycles. The van der Waals surface area contributed by atoms with E-state index in [0.29, 0.717) is 18.1 Å². The Hall–Kier alpha value is -2.95. The molecule has 0 amide bonds. The van der Waals surface area contributed by atoms with Gasteiger partial charge in [-0.25, -0.2) is 0 Å². The molecule has 3 rings (SSSR count). The van der Waals surface area contributed by atoms with E-state index < -0.39 is 10.9 Å². The maximum atomic E-state index is 12.3. The highest BCUT2D eigenvalue weighted by Gasteiger charge is 2.16. The lowest BCUT2D eigenvalue weighted by Crippen LogP contribution is -2.26. The fourth-order valence-corrected chi connectivity index (χ4v) is 2.45. The number of aliphatic hydroxyl groups excluding tert-OH is 2. The van der Waals surface area contributed by atoms with Gasteiger partial charge in [-0.15, -0.1) is 0 Å². The van der Waals surface area contributed by atoms with Gasteiger partial charge >= 0.3 is 0 Å². The normalized spacial score (nSPS) is 13.6. The molecule has 0 saturated carbocycles. The first-order valence-corrected chi connectivity index (χ1v) is 5.77. The van der Waals surface area contributed by atoms with E-state index in [0.717, 1.165) is 0 Å². The maximum Gasteiger partial charge on any atom is 0.194 e. The molecule has 0 bridgehead atoms. The van der Waals surface area contributed by atoms with Gasteiger partial charge in [0, 0.05) is 16.0 Å². The van der Waals surface area contributed by atoms with Gasteiger partial charge in [-0.3, -0.25) is 14.4 Å². The van der Waals surface area contributed by atoms with Crippen LogP contribution >= 0.6 is 0 Å². The van der Waals surface area contributed by atoms with Gasteiger partial charge in [0.25, 0.3) is 0 Å². The van der Waals surface area contributed by atoms with Crippen molar-refractivity contribution in [3.63, 3.8) is 0 Å². The Bertz CT molecular complexity index is 1120. The Morgan fingerprint density at radius 1 is 0.850 bits per heavy atom. The first kappa shape index (κ1) is 12.1. The van der Waals surface area contributed by atoms with E-state index in [1.165, 1.54) is 24.3 Å². The lowest BCUT2D eigenvalue weighted by atomic mass is 10.1. The molecule has 98 valence electrons. The van der Waals surface area contributed by atoms with E-state index in [4.69, 9.17) is 5.11 Å². The zero-order valence-electron chi connectivity index (χ0n) is 10.1. The highest BCUT2D eigenvalue weighted by Crippen LogP contribution is 2.15. The summed E-state index contributed by atoms with van der Waals surface area (Å²) in [4.78, 5) is 35.7. The second-order valence-electron chi connectivity index (χ2n) is 4.42. The molecule has 20 heavy (non-hydrogen) atoms. The molecule has 0 fully saturated rings. The summed E-state index contributed by atoms with van der Waals surface area (Å²) < 4.78 is 0. The molecule has 5 heteroatoms. The third-order valence-electron chi connectivity index (χ3n) is 3.38. The Morgan fingerprint density at radius 2 is 1.60 bits per heavy atom. The number of fused-ring (bicyclic) bond motifs is 2. The van der Waals surface area contributed by atoms with Crippen LogP contribution in [-0.4, -0.2) is 10.2 Å². The van der Waals surface area contributed by atoms with Crippen LogP contribution in [0.1, 0.15) is 0 Å². The molecule has 5 nitrogen and oxygen atoms in total. The first-order valence-electron chi connectivity index (χ1n) is 5.77. The second kappa shape index (κ2) is 4.03. The molecule has 0 aromatic rings. The van der Waals surface area contributed by atoms with Crippen LogP contribution < -0.4 is 26.7 Å². The molecular weight excluding hydrogens is 260 g/mol. The minimum atomic E-state index is -0.466. The molecule has 0 aliphatic heterocycles. The fraction of sp³-hybridized carbons (Fsp3) is 0. The molecule has 0 spiro atoms. The summed E-state index contributed by atoms with van der Waals surface area (Å²) in [6.45, 7) is 0. The van der Waals surface area contributed by atoms with Gasteiger partial charge < -0.3 is 10.2 Å². The highest BCUT2D eigenvalue weighted by molar-refractivity contribution is 5.68. The van der Waals surface area contributed by atoms with Crippen molar-refractivity contribution in [1.29, 1.82) is 0 Å². The minimum absolute atomic E-state index is 0.00165. The van der Waals surface area contributed by atoms with Crippen molar-refractivity contribution in [2.75, 3.05) is 0 Å². The molecule has 3 aliphatic rings.